The van der Waals surface area contributed by atoms with Crippen molar-refractivity contribution in [3.63, 3.8) is 0 Å². The Morgan fingerprint density at radius 3 is 2.78 bits per heavy atom. The van der Waals surface area contributed by atoms with E-state index in [4.69, 9.17) is 0 Å². The molecule has 7 heteroatoms. The lowest BCUT2D eigenvalue weighted by atomic mass is 10.1. The highest BCUT2D eigenvalue weighted by molar-refractivity contribution is 7.94. The van der Waals surface area contributed by atoms with Crippen LogP contribution in [0.4, 0.5) is 4.39 Å². The molecule has 0 saturated carbocycles. The number of halogens is 1. The lowest BCUT2D eigenvalue weighted by molar-refractivity contribution is 0.0944. The largest absolute Gasteiger partial charge is 0.507 e. The minimum atomic E-state index is -3.27. The van der Waals surface area contributed by atoms with E-state index in [0.29, 0.717) is 0 Å². The van der Waals surface area contributed by atoms with E-state index in [9.17, 15) is 22.7 Å². The molecule has 1 unspecified atom stereocenters. The number of sulfone groups is 1. The van der Waals surface area contributed by atoms with Gasteiger partial charge in [-0.2, -0.15) is 0 Å². The lowest BCUT2D eigenvalue weighted by Gasteiger charge is -2.10. The first-order valence-electron chi connectivity index (χ1n) is 5.08. The van der Waals surface area contributed by atoms with Crippen LogP contribution in [0.25, 0.3) is 0 Å². The van der Waals surface area contributed by atoms with Crippen molar-refractivity contribution in [3.8, 4) is 5.75 Å². The molecule has 96 valence electrons. The molecule has 1 aliphatic rings. The molecule has 0 aliphatic carbocycles. The van der Waals surface area contributed by atoms with Crippen molar-refractivity contribution in [1.82, 2.24) is 5.32 Å². The minimum absolute atomic E-state index is 0.227. The van der Waals surface area contributed by atoms with E-state index in [1.165, 1.54) is 6.08 Å². The predicted octanol–water partition coefficient (Wildman–Crippen LogP) is 0.572. The van der Waals surface area contributed by atoms with Gasteiger partial charge in [0, 0.05) is 5.41 Å². The second-order valence-electron chi connectivity index (χ2n) is 3.90. The van der Waals surface area contributed by atoms with Crippen LogP contribution in [-0.4, -0.2) is 31.2 Å². The molecule has 0 saturated heterocycles. The Kier molecular flexibility index (Phi) is 3.08. The SMILES string of the molecule is O=C(NC1C=CS(=O)(=O)C1)c1cc(F)ccc1O. The van der Waals surface area contributed by atoms with E-state index in [-0.39, 0.29) is 17.1 Å². The number of phenols is 1. The van der Waals surface area contributed by atoms with E-state index in [2.05, 4.69) is 5.32 Å². The van der Waals surface area contributed by atoms with Gasteiger partial charge in [-0.1, -0.05) is 0 Å². The third kappa shape index (κ3) is 2.67. The van der Waals surface area contributed by atoms with Crippen LogP contribution in [-0.2, 0) is 9.84 Å². The fourth-order valence-corrected chi connectivity index (χ4v) is 2.84. The zero-order valence-electron chi connectivity index (χ0n) is 9.13. The Hall–Kier alpha value is -1.89. The summed E-state index contributed by atoms with van der Waals surface area (Å²) in [6, 6.07) is 2.31. The summed E-state index contributed by atoms with van der Waals surface area (Å²) >= 11 is 0. The Balaban J connectivity index is 2.14. The number of hydrogen-bond acceptors (Lipinski definition) is 4. The van der Waals surface area contributed by atoms with Crippen LogP contribution in [0.1, 0.15) is 10.4 Å². The van der Waals surface area contributed by atoms with Gasteiger partial charge in [0.1, 0.15) is 11.6 Å². The van der Waals surface area contributed by atoms with Gasteiger partial charge in [-0.15, -0.1) is 0 Å². The maximum Gasteiger partial charge on any atom is 0.255 e. The topological polar surface area (TPSA) is 83.5 Å². The minimum Gasteiger partial charge on any atom is -0.507 e. The zero-order valence-corrected chi connectivity index (χ0v) is 9.95. The number of carbonyl (C=O) groups excluding carboxylic acids is 1. The van der Waals surface area contributed by atoms with Crippen LogP contribution in [0.2, 0.25) is 0 Å². The maximum absolute atomic E-state index is 12.9. The molecule has 1 aliphatic heterocycles. The molecule has 0 bridgehead atoms. The van der Waals surface area contributed by atoms with Crippen molar-refractivity contribution in [3.05, 3.63) is 41.1 Å². The number of aromatic hydroxyl groups is 1. The third-order valence-corrected chi connectivity index (χ3v) is 3.85. The first-order valence-corrected chi connectivity index (χ1v) is 6.79. The average molecular weight is 271 g/mol. The van der Waals surface area contributed by atoms with Crippen LogP contribution in [0, 0.1) is 5.82 Å². The molecule has 2 rings (SSSR count). The average Bonchev–Trinajstić information content (AvgIpc) is 2.61. The fourth-order valence-electron chi connectivity index (χ4n) is 1.60. The van der Waals surface area contributed by atoms with Crippen molar-refractivity contribution in [2.24, 2.45) is 0 Å². The van der Waals surface area contributed by atoms with Crippen molar-refractivity contribution < 1.29 is 22.7 Å². The van der Waals surface area contributed by atoms with Crippen LogP contribution in [0.5, 0.6) is 5.75 Å². The lowest BCUT2D eigenvalue weighted by Crippen LogP contribution is -2.35. The van der Waals surface area contributed by atoms with E-state index in [1.807, 2.05) is 0 Å². The van der Waals surface area contributed by atoms with Gasteiger partial charge in [0.05, 0.1) is 17.4 Å². The van der Waals surface area contributed by atoms with Gasteiger partial charge in [0.2, 0.25) is 0 Å². The molecule has 0 fully saturated rings. The normalized spacial score (nSPS) is 20.8. The van der Waals surface area contributed by atoms with Crippen molar-refractivity contribution >= 4 is 15.7 Å². The van der Waals surface area contributed by atoms with E-state index in [1.54, 1.807) is 0 Å². The van der Waals surface area contributed by atoms with Gasteiger partial charge in [-0.3, -0.25) is 4.79 Å². The van der Waals surface area contributed by atoms with Gasteiger partial charge in [-0.05, 0) is 24.3 Å². The van der Waals surface area contributed by atoms with Crippen molar-refractivity contribution in [2.75, 3.05) is 5.75 Å². The number of benzene rings is 1. The first kappa shape index (κ1) is 12.6. The van der Waals surface area contributed by atoms with E-state index in [0.717, 1.165) is 23.6 Å². The summed E-state index contributed by atoms with van der Waals surface area (Å²) in [6.07, 6.45) is 1.34. The molecule has 1 aromatic rings. The number of nitrogens with one attached hydrogen (secondary N) is 1. The van der Waals surface area contributed by atoms with Gasteiger partial charge in [-0.25, -0.2) is 12.8 Å². The highest BCUT2D eigenvalue weighted by Crippen LogP contribution is 2.18. The summed E-state index contributed by atoms with van der Waals surface area (Å²) in [5.41, 5.74) is -0.229. The third-order valence-electron chi connectivity index (χ3n) is 2.45. The Bertz CT molecular complexity index is 624. The summed E-state index contributed by atoms with van der Waals surface area (Å²) < 4.78 is 35.2. The Morgan fingerprint density at radius 2 is 2.17 bits per heavy atom. The summed E-state index contributed by atoms with van der Waals surface area (Å²) in [6.45, 7) is 0. The quantitative estimate of drug-likeness (QED) is 0.823. The number of rotatable bonds is 2. The predicted molar refractivity (Wildman–Crippen MR) is 62.2 cm³/mol. The van der Waals surface area contributed by atoms with Crippen LogP contribution < -0.4 is 5.32 Å². The fraction of sp³-hybridized carbons (Fsp3) is 0.182. The highest BCUT2D eigenvalue weighted by Gasteiger charge is 2.24. The number of hydrogen-bond donors (Lipinski definition) is 2. The number of amides is 1. The molecule has 0 radical (unpaired) electrons. The molecule has 0 spiro atoms. The summed E-state index contributed by atoms with van der Waals surface area (Å²) in [5, 5.41) is 12.8. The molecule has 1 atom stereocenters. The summed E-state index contributed by atoms with van der Waals surface area (Å²) in [7, 11) is -3.27. The van der Waals surface area contributed by atoms with E-state index >= 15 is 0 Å². The number of phenolic OH excluding ortho intramolecular Hbond substituents is 1. The summed E-state index contributed by atoms with van der Waals surface area (Å²) in [4.78, 5) is 11.7. The molecule has 1 aromatic carbocycles. The van der Waals surface area contributed by atoms with Gasteiger partial charge < -0.3 is 10.4 Å². The van der Waals surface area contributed by atoms with Gasteiger partial charge in [0.25, 0.3) is 5.91 Å². The zero-order chi connectivity index (χ0) is 13.3. The van der Waals surface area contributed by atoms with Crippen molar-refractivity contribution in [2.45, 2.75) is 6.04 Å². The second kappa shape index (κ2) is 4.41. The molecule has 18 heavy (non-hydrogen) atoms. The molecule has 1 heterocycles. The van der Waals surface area contributed by atoms with Crippen LogP contribution in [0.3, 0.4) is 0 Å². The van der Waals surface area contributed by atoms with Gasteiger partial charge >= 0.3 is 0 Å². The molecular formula is C11H10FNO4S. The second-order valence-corrected chi connectivity index (χ2v) is 5.83. The molecule has 5 nitrogen and oxygen atoms in total. The molecule has 1 amide bonds. The highest BCUT2D eigenvalue weighted by atomic mass is 32.2. The maximum atomic E-state index is 12.9. The van der Waals surface area contributed by atoms with Crippen molar-refractivity contribution in [1.29, 1.82) is 0 Å². The first-order chi connectivity index (χ1) is 8.37. The Labute approximate surface area is 103 Å². The monoisotopic (exact) mass is 271 g/mol. The van der Waals surface area contributed by atoms with E-state index < -0.39 is 27.6 Å². The molecule has 0 aromatic heterocycles. The molecule has 2 N–H and O–H groups in total. The van der Waals surface area contributed by atoms with Gasteiger partial charge in [0.15, 0.2) is 9.84 Å². The summed E-state index contributed by atoms with van der Waals surface area (Å²) in [5.74, 6) is -1.97. The molecular weight excluding hydrogens is 261 g/mol. The number of carbonyl (C=O) groups is 1. The van der Waals surface area contributed by atoms with Crippen LogP contribution in [0.15, 0.2) is 29.7 Å². The Morgan fingerprint density at radius 1 is 1.44 bits per heavy atom. The smallest absolute Gasteiger partial charge is 0.255 e. The standard InChI is InChI=1S/C11H10FNO4S/c12-7-1-2-10(14)9(5-7)11(15)13-8-3-4-18(16,17)6-8/h1-5,8,14H,6H2,(H,13,15). The van der Waals surface area contributed by atoms with Crippen LogP contribution >= 0.6 is 0 Å².